The molecule has 3 aromatic rings. The molecule has 25 heavy (non-hydrogen) atoms. The number of fused-ring (bicyclic) bond motifs is 1. The van der Waals surface area contributed by atoms with Crippen molar-refractivity contribution in [3.63, 3.8) is 0 Å². The van der Waals surface area contributed by atoms with E-state index in [1.165, 1.54) is 11.6 Å². The lowest BCUT2D eigenvalue weighted by atomic mass is 10.0. The number of rotatable bonds is 4. The molecule has 0 spiro atoms. The summed E-state index contributed by atoms with van der Waals surface area (Å²) in [6, 6.07) is 19.6. The Labute approximate surface area is 146 Å². The van der Waals surface area contributed by atoms with E-state index in [0.29, 0.717) is 4.73 Å². The van der Waals surface area contributed by atoms with Gasteiger partial charge in [-0.05, 0) is 48.2 Å². The molecule has 1 amide bonds. The van der Waals surface area contributed by atoms with E-state index >= 15 is 0 Å². The first-order valence-electron chi connectivity index (χ1n) is 8.65. The minimum absolute atomic E-state index is 0.0789. The first-order chi connectivity index (χ1) is 12.1. The van der Waals surface area contributed by atoms with Gasteiger partial charge in [0.1, 0.15) is 0 Å². The van der Waals surface area contributed by atoms with E-state index in [2.05, 4.69) is 30.3 Å². The van der Waals surface area contributed by atoms with Gasteiger partial charge in [0.15, 0.2) is 6.20 Å². The maximum Gasteiger partial charge on any atom is 0.320 e. The minimum Gasteiger partial charge on any atom is -0.618 e. The second-order valence-corrected chi connectivity index (χ2v) is 6.64. The SMILES string of the molecule is C[C@H](c1ccc2ccccc2c1)N(C(=O)c1cccc[n+]1[O-])C1CC1. The summed E-state index contributed by atoms with van der Waals surface area (Å²) < 4.78 is 0.658. The second kappa shape index (κ2) is 6.20. The lowest BCUT2D eigenvalue weighted by molar-refractivity contribution is -0.608. The molecule has 1 aliphatic rings. The van der Waals surface area contributed by atoms with Gasteiger partial charge in [0.05, 0.1) is 6.04 Å². The van der Waals surface area contributed by atoms with Crippen LogP contribution in [0.15, 0.2) is 66.9 Å². The summed E-state index contributed by atoms with van der Waals surface area (Å²) in [6.07, 6.45) is 3.36. The molecule has 1 aromatic heterocycles. The average molecular weight is 332 g/mol. The van der Waals surface area contributed by atoms with Gasteiger partial charge in [-0.2, -0.15) is 4.73 Å². The van der Waals surface area contributed by atoms with E-state index in [1.54, 1.807) is 18.2 Å². The third-order valence-corrected chi connectivity index (χ3v) is 4.89. The lowest BCUT2D eigenvalue weighted by Crippen LogP contribution is -2.43. The van der Waals surface area contributed by atoms with Crippen LogP contribution in [-0.2, 0) is 0 Å². The fourth-order valence-electron chi connectivity index (χ4n) is 3.37. The Bertz CT molecular complexity index is 934. The van der Waals surface area contributed by atoms with E-state index in [-0.39, 0.29) is 23.7 Å². The van der Waals surface area contributed by atoms with Crippen LogP contribution in [0.1, 0.15) is 41.9 Å². The summed E-state index contributed by atoms with van der Waals surface area (Å²) in [7, 11) is 0. The smallest absolute Gasteiger partial charge is 0.320 e. The molecule has 0 aliphatic heterocycles. The molecule has 2 aromatic carbocycles. The van der Waals surface area contributed by atoms with Gasteiger partial charge in [-0.25, -0.2) is 0 Å². The third-order valence-electron chi connectivity index (χ3n) is 4.89. The summed E-state index contributed by atoms with van der Waals surface area (Å²) in [5.74, 6) is -0.196. The molecule has 1 saturated carbocycles. The number of hydrogen-bond acceptors (Lipinski definition) is 2. The molecule has 126 valence electrons. The maximum atomic E-state index is 13.0. The minimum atomic E-state index is -0.196. The summed E-state index contributed by atoms with van der Waals surface area (Å²) in [6.45, 7) is 2.04. The number of pyridine rings is 1. The van der Waals surface area contributed by atoms with Gasteiger partial charge in [-0.15, -0.1) is 0 Å². The second-order valence-electron chi connectivity index (χ2n) is 6.64. The Morgan fingerprint density at radius 1 is 1.08 bits per heavy atom. The van der Waals surface area contributed by atoms with Crippen molar-refractivity contribution in [2.75, 3.05) is 0 Å². The molecule has 4 nitrogen and oxygen atoms in total. The molecule has 0 radical (unpaired) electrons. The summed E-state index contributed by atoms with van der Waals surface area (Å²) in [4.78, 5) is 14.9. The zero-order chi connectivity index (χ0) is 17.4. The fraction of sp³-hybridized carbons (Fsp3) is 0.238. The van der Waals surface area contributed by atoms with E-state index in [0.717, 1.165) is 23.8 Å². The van der Waals surface area contributed by atoms with Crippen LogP contribution in [-0.4, -0.2) is 16.8 Å². The molecule has 0 unspecified atom stereocenters. The van der Waals surface area contributed by atoms with Crippen LogP contribution in [0.2, 0.25) is 0 Å². The third kappa shape index (κ3) is 2.95. The first-order valence-corrected chi connectivity index (χ1v) is 8.65. The van der Waals surface area contributed by atoms with Gasteiger partial charge < -0.3 is 10.1 Å². The highest BCUT2D eigenvalue weighted by atomic mass is 16.5. The molecule has 1 fully saturated rings. The Balaban J connectivity index is 1.70. The molecule has 1 aliphatic carbocycles. The van der Waals surface area contributed by atoms with Gasteiger partial charge in [-0.1, -0.05) is 36.4 Å². The Morgan fingerprint density at radius 3 is 2.52 bits per heavy atom. The largest absolute Gasteiger partial charge is 0.618 e. The Morgan fingerprint density at radius 2 is 1.80 bits per heavy atom. The van der Waals surface area contributed by atoms with E-state index < -0.39 is 0 Å². The van der Waals surface area contributed by atoms with Gasteiger partial charge in [0, 0.05) is 18.2 Å². The monoisotopic (exact) mass is 332 g/mol. The summed E-state index contributed by atoms with van der Waals surface area (Å²) in [5, 5.41) is 14.4. The van der Waals surface area contributed by atoms with Crippen molar-refractivity contribution in [2.24, 2.45) is 0 Å². The van der Waals surface area contributed by atoms with Crippen LogP contribution in [0.25, 0.3) is 10.8 Å². The van der Waals surface area contributed by atoms with Crippen molar-refractivity contribution in [3.05, 3.63) is 83.3 Å². The van der Waals surface area contributed by atoms with Gasteiger partial charge in [-0.3, -0.25) is 4.79 Å². The van der Waals surface area contributed by atoms with Crippen molar-refractivity contribution in [1.82, 2.24) is 4.90 Å². The number of amides is 1. The van der Waals surface area contributed by atoms with Crippen LogP contribution < -0.4 is 4.73 Å². The quantitative estimate of drug-likeness (QED) is 0.538. The van der Waals surface area contributed by atoms with Crippen LogP contribution in [0.5, 0.6) is 0 Å². The highest BCUT2D eigenvalue weighted by molar-refractivity contribution is 5.92. The van der Waals surface area contributed by atoms with Crippen LogP contribution in [0, 0.1) is 5.21 Å². The number of benzene rings is 2. The maximum absolute atomic E-state index is 13.0. The Hall–Kier alpha value is -2.88. The van der Waals surface area contributed by atoms with Crippen LogP contribution in [0.4, 0.5) is 0 Å². The highest BCUT2D eigenvalue weighted by Gasteiger charge is 2.39. The molecule has 4 heteroatoms. The molecule has 1 atom stereocenters. The molecule has 0 bridgehead atoms. The fourth-order valence-corrected chi connectivity index (χ4v) is 3.37. The number of carbonyl (C=O) groups excluding carboxylic acids is 1. The Kier molecular flexibility index (Phi) is 3.88. The average Bonchev–Trinajstić information content (AvgIpc) is 3.46. The zero-order valence-electron chi connectivity index (χ0n) is 14.1. The number of aromatic nitrogens is 1. The normalized spacial score (nSPS) is 15.1. The molecule has 0 N–H and O–H groups in total. The predicted octanol–water partition coefficient (Wildman–Crippen LogP) is 3.84. The zero-order valence-corrected chi connectivity index (χ0v) is 14.1. The number of carbonyl (C=O) groups is 1. The van der Waals surface area contributed by atoms with Gasteiger partial charge in [0.2, 0.25) is 0 Å². The molecule has 0 saturated heterocycles. The highest BCUT2D eigenvalue weighted by Crippen LogP contribution is 2.36. The number of hydrogen-bond donors (Lipinski definition) is 0. The standard InChI is InChI=1S/C21H20N2O2/c1-15(17-10-9-16-6-2-3-7-18(16)14-17)23(19-11-12-19)21(24)20-8-4-5-13-22(20)25/h2-10,13-15,19H,11-12H2,1H3/t15-/m1/s1. The van der Waals surface area contributed by atoms with E-state index in [9.17, 15) is 10.0 Å². The first kappa shape index (κ1) is 15.6. The predicted molar refractivity (Wildman–Crippen MR) is 97.0 cm³/mol. The van der Waals surface area contributed by atoms with E-state index in [4.69, 9.17) is 0 Å². The van der Waals surface area contributed by atoms with Crippen LogP contribution in [0.3, 0.4) is 0 Å². The van der Waals surface area contributed by atoms with Crippen molar-refractivity contribution in [3.8, 4) is 0 Å². The van der Waals surface area contributed by atoms with Gasteiger partial charge in [0.25, 0.3) is 5.69 Å². The molecule has 4 rings (SSSR count). The van der Waals surface area contributed by atoms with Crippen molar-refractivity contribution >= 4 is 16.7 Å². The van der Waals surface area contributed by atoms with Gasteiger partial charge >= 0.3 is 5.91 Å². The van der Waals surface area contributed by atoms with Crippen molar-refractivity contribution < 1.29 is 9.52 Å². The molecular weight excluding hydrogens is 312 g/mol. The molecular formula is C21H20N2O2. The summed E-state index contributed by atoms with van der Waals surface area (Å²) in [5.41, 5.74) is 1.27. The van der Waals surface area contributed by atoms with Crippen molar-refractivity contribution in [1.29, 1.82) is 0 Å². The van der Waals surface area contributed by atoms with Crippen LogP contribution >= 0.6 is 0 Å². The molecule has 1 heterocycles. The topological polar surface area (TPSA) is 47.2 Å². The summed E-state index contributed by atoms with van der Waals surface area (Å²) >= 11 is 0. The van der Waals surface area contributed by atoms with E-state index in [1.807, 2.05) is 24.0 Å². The number of nitrogens with zero attached hydrogens (tertiary/aromatic N) is 2. The van der Waals surface area contributed by atoms with Crippen molar-refractivity contribution in [2.45, 2.75) is 31.8 Å². The lowest BCUT2D eigenvalue weighted by Gasteiger charge is -2.29.